The Morgan fingerprint density at radius 1 is 1.19 bits per heavy atom. The van der Waals surface area contributed by atoms with Gasteiger partial charge in [-0.15, -0.1) is 0 Å². The van der Waals surface area contributed by atoms with Crippen molar-refractivity contribution in [2.45, 2.75) is 45.2 Å². The molecule has 6 nitrogen and oxygen atoms in total. The molecule has 0 saturated heterocycles. The van der Waals surface area contributed by atoms with E-state index in [1.165, 1.54) is 17.1 Å². The Balaban J connectivity index is 1.18. The van der Waals surface area contributed by atoms with Gasteiger partial charge in [-0.1, -0.05) is 0 Å². The molecular formula is C23H21F2N5O. The van der Waals surface area contributed by atoms with Crippen LogP contribution in [0.25, 0.3) is 11.2 Å². The van der Waals surface area contributed by atoms with E-state index in [1.54, 1.807) is 12.4 Å². The van der Waals surface area contributed by atoms with Crippen LogP contribution in [-0.2, 0) is 11.3 Å². The first-order valence-electron chi connectivity index (χ1n) is 10.5. The van der Waals surface area contributed by atoms with E-state index < -0.39 is 23.1 Å². The number of carbonyl (C=O) groups excluding carboxylic acids is 1. The predicted molar refractivity (Wildman–Crippen MR) is 110 cm³/mol. The number of hydrogen-bond acceptors (Lipinski definition) is 4. The van der Waals surface area contributed by atoms with Crippen molar-refractivity contribution in [3.05, 3.63) is 59.6 Å². The number of nitrogens with zero attached hydrogens (tertiary/aromatic N) is 5. The lowest BCUT2D eigenvalue weighted by Crippen LogP contribution is -2.68. The molecule has 4 aliphatic rings. The van der Waals surface area contributed by atoms with Crippen molar-refractivity contribution in [3.8, 4) is 0 Å². The van der Waals surface area contributed by atoms with Gasteiger partial charge >= 0.3 is 0 Å². The smallest absolute Gasteiger partial charge is 0.249 e. The summed E-state index contributed by atoms with van der Waals surface area (Å²) in [6, 6.07) is 4.93. The largest absolute Gasteiger partial charge is 0.331 e. The summed E-state index contributed by atoms with van der Waals surface area (Å²) in [7, 11) is 0. The highest BCUT2D eigenvalue weighted by atomic mass is 19.1. The van der Waals surface area contributed by atoms with Gasteiger partial charge < -0.3 is 4.57 Å². The molecule has 2 bridgehead atoms. The van der Waals surface area contributed by atoms with Crippen LogP contribution in [0.15, 0.2) is 41.8 Å². The second-order valence-electron chi connectivity index (χ2n) is 9.38. The zero-order chi connectivity index (χ0) is 21.4. The predicted octanol–water partition coefficient (Wildman–Crippen LogP) is 4.15. The highest BCUT2D eigenvalue weighted by Crippen LogP contribution is 2.74. The van der Waals surface area contributed by atoms with Crippen molar-refractivity contribution in [3.63, 3.8) is 0 Å². The van der Waals surface area contributed by atoms with Crippen molar-refractivity contribution in [1.82, 2.24) is 19.5 Å². The maximum atomic E-state index is 13.7. The molecule has 0 radical (unpaired) electrons. The summed E-state index contributed by atoms with van der Waals surface area (Å²) in [4.78, 5) is 22.4. The van der Waals surface area contributed by atoms with Crippen LogP contribution in [0.3, 0.4) is 0 Å². The summed E-state index contributed by atoms with van der Waals surface area (Å²) in [5.41, 5.74) is 2.77. The van der Waals surface area contributed by atoms with Crippen LogP contribution in [0.2, 0.25) is 0 Å². The summed E-state index contributed by atoms with van der Waals surface area (Å²) in [6.07, 6.45) is 8.30. The van der Waals surface area contributed by atoms with Crippen LogP contribution in [0.1, 0.15) is 43.0 Å². The first-order valence-corrected chi connectivity index (χ1v) is 10.5. The minimum Gasteiger partial charge on any atom is -0.331 e. The number of aromatic nitrogens is 3. The molecular weight excluding hydrogens is 400 g/mol. The summed E-state index contributed by atoms with van der Waals surface area (Å²) >= 11 is 0. The number of benzene rings is 1. The van der Waals surface area contributed by atoms with Crippen LogP contribution in [0.4, 0.5) is 8.78 Å². The Bertz CT molecular complexity index is 1230. The van der Waals surface area contributed by atoms with E-state index >= 15 is 0 Å². The topological polar surface area (TPSA) is 63.4 Å². The summed E-state index contributed by atoms with van der Waals surface area (Å²) in [5.74, 6) is -1.32. The number of fused-ring (bicyclic) bond motifs is 1. The van der Waals surface area contributed by atoms with E-state index in [9.17, 15) is 13.6 Å². The minimum atomic E-state index is -0.643. The average molecular weight is 421 g/mol. The molecule has 1 atom stereocenters. The highest BCUT2D eigenvalue weighted by molar-refractivity contribution is 5.88. The number of hydrazone groups is 1. The van der Waals surface area contributed by atoms with Crippen LogP contribution < -0.4 is 0 Å². The molecule has 8 heteroatoms. The second kappa shape index (κ2) is 6.18. The van der Waals surface area contributed by atoms with Gasteiger partial charge in [-0.3, -0.25) is 4.79 Å². The Morgan fingerprint density at radius 3 is 2.68 bits per heavy atom. The molecule has 3 fully saturated rings. The number of aryl methyl sites for hydroxylation is 1. The van der Waals surface area contributed by atoms with Crippen LogP contribution in [-0.4, -0.2) is 31.7 Å². The van der Waals surface area contributed by atoms with Crippen molar-refractivity contribution in [1.29, 1.82) is 0 Å². The summed E-state index contributed by atoms with van der Waals surface area (Å²) < 4.78 is 29.5. The van der Waals surface area contributed by atoms with Gasteiger partial charge in [-0.25, -0.2) is 23.8 Å². The molecule has 1 aliphatic heterocycles. The molecule has 3 saturated carbocycles. The van der Waals surface area contributed by atoms with Gasteiger partial charge in [0.05, 0.1) is 23.3 Å². The fraction of sp³-hybridized carbons (Fsp3) is 0.391. The number of hydrogen-bond donors (Lipinski definition) is 0. The van der Waals surface area contributed by atoms with E-state index in [0.29, 0.717) is 12.0 Å². The standard InChI is InChI=1S/C23H21F2N5O/c1-14-9-26-20-18(28-14)3-5-29(20)13-22-10-23(11-22,12-22)21(31)30-19(2-4-27-30)15-6-16(24)8-17(25)7-15/h3-9,19H,2,10-13H2,1H3. The van der Waals surface area contributed by atoms with Gasteiger partial charge in [0, 0.05) is 31.4 Å². The molecule has 3 aromatic rings. The van der Waals surface area contributed by atoms with Crippen molar-refractivity contribution in [2.75, 3.05) is 0 Å². The molecule has 158 valence electrons. The maximum Gasteiger partial charge on any atom is 0.249 e. The van der Waals surface area contributed by atoms with E-state index in [-0.39, 0.29) is 11.3 Å². The Morgan fingerprint density at radius 2 is 1.94 bits per heavy atom. The Kier molecular flexibility index (Phi) is 3.71. The molecule has 0 spiro atoms. The average Bonchev–Trinajstić information content (AvgIpc) is 3.29. The number of carbonyl (C=O) groups is 1. The molecule has 0 N–H and O–H groups in total. The zero-order valence-corrected chi connectivity index (χ0v) is 17.1. The molecule has 1 unspecified atom stereocenters. The highest BCUT2D eigenvalue weighted by Gasteiger charge is 2.72. The molecule has 3 heterocycles. The summed E-state index contributed by atoms with van der Waals surface area (Å²) in [6.45, 7) is 2.73. The lowest BCUT2D eigenvalue weighted by Gasteiger charge is -2.70. The number of rotatable bonds is 4. The van der Waals surface area contributed by atoms with Gasteiger partial charge in [-0.05, 0) is 55.4 Å². The molecule has 3 aliphatic carbocycles. The number of amides is 1. The molecule has 7 rings (SSSR count). The third-order valence-electron chi connectivity index (χ3n) is 6.99. The van der Waals surface area contributed by atoms with E-state index in [4.69, 9.17) is 0 Å². The molecule has 2 aromatic heterocycles. The lowest BCUT2D eigenvalue weighted by atomic mass is 9.34. The van der Waals surface area contributed by atoms with E-state index in [0.717, 1.165) is 48.7 Å². The van der Waals surface area contributed by atoms with Gasteiger partial charge in [-0.2, -0.15) is 5.10 Å². The fourth-order valence-corrected chi connectivity index (χ4v) is 5.83. The first kappa shape index (κ1) is 18.6. The van der Waals surface area contributed by atoms with Crippen LogP contribution >= 0.6 is 0 Å². The quantitative estimate of drug-likeness (QED) is 0.636. The second-order valence-corrected chi connectivity index (χ2v) is 9.38. The van der Waals surface area contributed by atoms with E-state index in [1.807, 2.05) is 19.2 Å². The van der Waals surface area contributed by atoms with Gasteiger partial charge in [0.15, 0.2) is 5.65 Å². The third-order valence-corrected chi connectivity index (χ3v) is 6.99. The number of halogens is 2. The maximum absolute atomic E-state index is 13.7. The first-order chi connectivity index (χ1) is 14.9. The van der Waals surface area contributed by atoms with Crippen molar-refractivity contribution in [2.24, 2.45) is 15.9 Å². The fourth-order valence-electron chi connectivity index (χ4n) is 5.83. The van der Waals surface area contributed by atoms with Crippen LogP contribution in [0, 0.1) is 29.4 Å². The van der Waals surface area contributed by atoms with E-state index in [2.05, 4.69) is 19.6 Å². The minimum absolute atomic E-state index is 0.0365. The van der Waals surface area contributed by atoms with Gasteiger partial charge in [0.2, 0.25) is 5.91 Å². The monoisotopic (exact) mass is 421 g/mol. The molecule has 31 heavy (non-hydrogen) atoms. The molecule has 1 aromatic carbocycles. The van der Waals surface area contributed by atoms with Crippen molar-refractivity contribution >= 4 is 23.3 Å². The Hall–Kier alpha value is -3.16. The van der Waals surface area contributed by atoms with Gasteiger partial charge in [0.1, 0.15) is 17.2 Å². The lowest BCUT2D eigenvalue weighted by molar-refractivity contribution is -0.222. The van der Waals surface area contributed by atoms with Crippen LogP contribution in [0.5, 0.6) is 0 Å². The van der Waals surface area contributed by atoms with Crippen molar-refractivity contribution < 1.29 is 13.6 Å². The normalized spacial score (nSPS) is 28.6. The summed E-state index contributed by atoms with van der Waals surface area (Å²) in [5, 5.41) is 5.70. The van der Waals surface area contributed by atoms with Gasteiger partial charge in [0.25, 0.3) is 0 Å². The zero-order valence-electron chi connectivity index (χ0n) is 17.1. The molecule has 1 amide bonds. The SMILES string of the molecule is Cc1cnc2c(ccn2CC23CC(C(=O)N4N=CCC4c4cc(F)cc(F)c4)(C2)C3)n1. The Labute approximate surface area is 177 Å². The third kappa shape index (κ3) is 2.73.